The minimum Gasteiger partial charge on any atom is -0.493 e. The Hall–Kier alpha value is -7.01. The highest BCUT2D eigenvalue weighted by molar-refractivity contribution is 7.22. The van der Waals surface area contributed by atoms with Gasteiger partial charge in [0.05, 0.1) is 34.0 Å². The van der Waals surface area contributed by atoms with Gasteiger partial charge in [-0.25, -0.2) is 14.8 Å². The van der Waals surface area contributed by atoms with Crippen molar-refractivity contribution in [1.82, 2.24) is 34.9 Å². The van der Waals surface area contributed by atoms with Crippen LogP contribution in [-0.2, 0) is 29.6 Å². The van der Waals surface area contributed by atoms with E-state index in [0.29, 0.717) is 72.9 Å². The normalized spacial score (nSPS) is 18.3. The number of amides is 3. The van der Waals surface area contributed by atoms with Crippen LogP contribution in [0.25, 0.3) is 32.2 Å². The number of piperidine rings is 3. The molecule has 4 aliphatic rings. The number of nitrogens with one attached hydrogen (secondary N) is 2. The minimum absolute atomic E-state index is 0.0229. The van der Waals surface area contributed by atoms with Gasteiger partial charge in [0.1, 0.15) is 11.6 Å². The van der Waals surface area contributed by atoms with E-state index in [0.717, 1.165) is 126 Å². The Labute approximate surface area is 428 Å². The molecular formula is C57H61N9O6S. The van der Waals surface area contributed by atoms with E-state index in [1.165, 1.54) is 16.9 Å². The molecule has 3 saturated heterocycles. The molecule has 7 heterocycles. The number of carboxylic acid groups (broad SMARTS) is 1. The van der Waals surface area contributed by atoms with Crippen LogP contribution in [0.3, 0.4) is 0 Å². The second kappa shape index (κ2) is 20.8. The molecule has 16 heteroatoms. The predicted molar refractivity (Wildman–Crippen MR) is 284 cm³/mol. The molecule has 0 aliphatic carbocycles. The summed E-state index contributed by atoms with van der Waals surface area (Å²) < 4.78 is 9.31. The quantitative estimate of drug-likeness (QED) is 0.0884. The molecule has 376 valence electrons. The number of aromatic carboxylic acids is 1. The van der Waals surface area contributed by atoms with Gasteiger partial charge in [0, 0.05) is 56.2 Å². The number of hydrogen-bond donors (Lipinski definition) is 3. The molecule has 3 aromatic heterocycles. The number of benzene rings is 4. The third-order valence-electron chi connectivity index (χ3n) is 15.8. The van der Waals surface area contributed by atoms with E-state index in [1.54, 1.807) is 0 Å². The van der Waals surface area contributed by atoms with E-state index in [4.69, 9.17) is 14.8 Å². The van der Waals surface area contributed by atoms with Crippen LogP contribution in [0.1, 0.15) is 106 Å². The Kier molecular flexibility index (Phi) is 13.8. The van der Waals surface area contributed by atoms with Crippen molar-refractivity contribution in [3.8, 4) is 16.9 Å². The second-order valence-electron chi connectivity index (χ2n) is 20.2. The predicted octanol–water partition coefficient (Wildman–Crippen LogP) is 8.95. The van der Waals surface area contributed by atoms with Crippen LogP contribution < -0.4 is 20.3 Å². The van der Waals surface area contributed by atoms with E-state index in [-0.39, 0.29) is 23.4 Å². The summed E-state index contributed by atoms with van der Waals surface area (Å²) in [7, 11) is 1.94. The lowest BCUT2D eigenvalue weighted by atomic mass is 9.88. The number of anilines is 2. The third-order valence-corrected chi connectivity index (χ3v) is 16.7. The standard InChI is InChI=1S/C57H61N9O6S/c1-35-40(41-15-17-50(59-53(41)56(70)71)66-29-23-38-7-5-9-42(45(38)34-66)54(68)61-57-58-46-10-3-4-12-49(46)73-57)8-6-11-48(35)72-32-24-36-19-25-64(26-20-36)30-31-65-27-21-37(22-28-65)39-13-14-43-47(33-39)63(2)62-52(43)44-16-18-51(67)60-55(44)69/h3-15,17,33,36-37,44H,16,18-32,34H2,1-2H3,(H,70,71)(H,58,61,68)(H,60,67,69). The number of aryl methyl sites for hydroxylation is 1. The first-order chi connectivity index (χ1) is 35.5. The topological polar surface area (TPSA) is 175 Å². The molecule has 0 saturated carbocycles. The van der Waals surface area contributed by atoms with Crippen LogP contribution >= 0.6 is 11.3 Å². The maximum atomic E-state index is 13.7. The number of pyridine rings is 1. The molecule has 73 heavy (non-hydrogen) atoms. The number of ether oxygens (including phenoxy) is 1. The van der Waals surface area contributed by atoms with E-state index in [1.807, 2.05) is 96.3 Å². The molecular weight excluding hydrogens is 939 g/mol. The molecule has 3 fully saturated rings. The largest absolute Gasteiger partial charge is 0.493 e. The van der Waals surface area contributed by atoms with Gasteiger partial charge in [-0.15, -0.1) is 0 Å². The monoisotopic (exact) mass is 999 g/mol. The van der Waals surface area contributed by atoms with Crippen LogP contribution in [0, 0.1) is 12.8 Å². The first kappa shape index (κ1) is 48.3. The van der Waals surface area contributed by atoms with Crippen LogP contribution in [0.2, 0.25) is 0 Å². The van der Waals surface area contributed by atoms with Crippen molar-refractivity contribution in [2.24, 2.45) is 13.0 Å². The summed E-state index contributed by atoms with van der Waals surface area (Å²) in [6.45, 7) is 10.1. The van der Waals surface area contributed by atoms with E-state index in [9.17, 15) is 24.3 Å². The minimum atomic E-state index is -1.10. The third kappa shape index (κ3) is 10.2. The lowest BCUT2D eigenvalue weighted by Crippen LogP contribution is -2.42. The fraction of sp³-hybridized carbons (Fsp3) is 0.386. The number of imide groups is 1. The smallest absolute Gasteiger partial charge is 0.355 e. The zero-order valence-corrected chi connectivity index (χ0v) is 42.3. The Morgan fingerprint density at radius 3 is 2.40 bits per heavy atom. The van der Waals surface area contributed by atoms with Gasteiger partial charge in [0.15, 0.2) is 10.8 Å². The highest BCUT2D eigenvalue weighted by Crippen LogP contribution is 2.37. The number of likely N-dealkylation sites (tertiary alicyclic amines) is 2. The number of para-hydroxylation sites is 1. The molecule has 0 spiro atoms. The lowest BCUT2D eigenvalue weighted by Gasteiger charge is -2.36. The first-order valence-corrected chi connectivity index (χ1v) is 26.6. The molecule has 15 nitrogen and oxygen atoms in total. The number of hydrogen-bond acceptors (Lipinski definition) is 12. The van der Waals surface area contributed by atoms with Crippen molar-refractivity contribution in [2.45, 2.75) is 76.7 Å². The average Bonchev–Trinajstić information content (AvgIpc) is 3.97. The van der Waals surface area contributed by atoms with Crippen LogP contribution in [0.15, 0.2) is 91.0 Å². The summed E-state index contributed by atoms with van der Waals surface area (Å²) in [6, 6.07) is 29.7. The number of thiazole rings is 1. The van der Waals surface area contributed by atoms with E-state index < -0.39 is 11.9 Å². The summed E-state index contributed by atoms with van der Waals surface area (Å²) in [5.74, 6) is 0.193. The molecule has 4 aromatic carbocycles. The first-order valence-electron chi connectivity index (χ1n) is 25.8. The highest BCUT2D eigenvalue weighted by Gasteiger charge is 2.33. The summed E-state index contributed by atoms with van der Waals surface area (Å²) in [5, 5.41) is 22.3. The molecule has 3 amide bonds. The van der Waals surface area contributed by atoms with Gasteiger partial charge in [-0.1, -0.05) is 59.9 Å². The average molecular weight is 1000 g/mol. The molecule has 3 N–H and O–H groups in total. The van der Waals surface area contributed by atoms with Crippen molar-refractivity contribution in [1.29, 1.82) is 0 Å². The Balaban J connectivity index is 0.647. The van der Waals surface area contributed by atoms with Gasteiger partial charge in [-0.2, -0.15) is 5.10 Å². The number of nitrogens with zero attached hydrogens (tertiary/aromatic N) is 7. The van der Waals surface area contributed by atoms with Gasteiger partial charge < -0.3 is 24.5 Å². The summed E-state index contributed by atoms with van der Waals surface area (Å²) in [6.07, 6.45) is 7.02. The maximum absolute atomic E-state index is 13.7. The van der Waals surface area contributed by atoms with Gasteiger partial charge in [-0.3, -0.25) is 29.7 Å². The number of carboxylic acids is 1. The van der Waals surface area contributed by atoms with Crippen LogP contribution in [0.4, 0.5) is 10.9 Å². The number of fused-ring (bicyclic) bond motifs is 3. The van der Waals surface area contributed by atoms with Gasteiger partial charge >= 0.3 is 5.97 Å². The summed E-state index contributed by atoms with van der Waals surface area (Å²) in [5.41, 5.74) is 8.69. The lowest BCUT2D eigenvalue weighted by molar-refractivity contribution is -0.134. The Bertz CT molecular complexity index is 3210. The zero-order valence-electron chi connectivity index (χ0n) is 41.4. The van der Waals surface area contributed by atoms with Crippen molar-refractivity contribution in [3.05, 3.63) is 130 Å². The van der Waals surface area contributed by atoms with Gasteiger partial charge in [0.25, 0.3) is 5.91 Å². The summed E-state index contributed by atoms with van der Waals surface area (Å²) >= 11 is 1.44. The summed E-state index contributed by atoms with van der Waals surface area (Å²) in [4.78, 5) is 67.5. The van der Waals surface area contributed by atoms with Gasteiger partial charge in [0.2, 0.25) is 11.8 Å². The zero-order chi connectivity index (χ0) is 50.2. The second-order valence-corrected chi connectivity index (χ2v) is 21.2. The molecule has 1 atom stereocenters. The molecule has 0 bridgehead atoms. The SMILES string of the molecule is Cc1c(OCCC2CCN(CCN3CCC(c4ccc5c(C6CCC(=O)NC6=O)nn(C)c5c4)CC3)CC2)cccc1-c1ccc(N2CCc3cccc(C(=O)Nc4nc5ccccc5s4)c3C2)nc1C(=O)O. The molecule has 0 radical (unpaired) electrons. The fourth-order valence-corrected chi connectivity index (χ4v) is 12.4. The molecule has 11 rings (SSSR count). The number of carbonyl (C=O) groups is 4. The number of carbonyl (C=O) groups excluding carboxylic acids is 3. The number of aromatic nitrogens is 4. The molecule has 1 unspecified atom stereocenters. The van der Waals surface area contributed by atoms with Crippen molar-refractivity contribution < 1.29 is 29.0 Å². The van der Waals surface area contributed by atoms with Crippen LogP contribution in [0.5, 0.6) is 5.75 Å². The van der Waals surface area contributed by atoms with Crippen LogP contribution in [-0.4, -0.2) is 111 Å². The Morgan fingerprint density at radius 2 is 1.62 bits per heavy atom. The van der Waals surface area contributed by atoms with E-state index in [2.05, 4.69) is 43.6 Å². The van der Waals surface area contributed by atoms with E-state index >= 15 is 0 Å². The van der Waals surface area contributed by atoms with Crippen molar-refractivity contribution in [2.75, 3.05) is 62.6 Å². The van der Waals surface area contributed by atoms with Crippen molar-refractivity contribution >= 4 is 67.1 Å². The van der Waals surface area contributed by atoms with Crippen molar-refractivity contribution in [3.63, 3.8) is 0 Å². The molecule has 7 aromatic rings. The van der Waals surface area contributed by atoms with Gasteiger partial charge in [-0.05, 0) is 160 Å². The Morgan fingerprint density at radius 1 is 0.836 bits per heavy atom. The maximum Gasteiger partial charge on any atom is 0.355 e. The number of rotatable bonds is 14. The fourth-order valence-electron chi connectivity index (χ4n) is 11.5. The molecule has 4 aliphatic heterocycles. The highest BCUT2D eigenvalue weighted by atomic mass is 32.1.